The Morgan fingerprint density at radius 3 is 3.00 bits per heavy atom. The fraction of sp³-hybridized carbons (Fsp3) is 0.545. The molecule has 0 amide bonds. The second kappa shape index (κ2) is 3.33. The number of fused-ring (bicyclic) bond motifs is 1. The molecule has 3 heteroatoms. The lowest BCUT2D eigenvalue weighted by Gasteiger charge is -2.14. The van der Waals surface area contributed by atoms with E-state index in [2.05, 4.69) is 0 Å². The van der Waals surface area contributed by atoms with Crippen LogP contribution in [0.25, 0.3) is 0 Å². The van der Waals surface area contributed by atoms with E-state index in [9.17, 15) is 9.90 Å². The highest BCUT2D eigenvalue weighted by Crippen LogP contribution is 2.35. The highest BCUT2D eigenvalue weighted by molar-refractivity contribution is 5.98. The molecule has 1 N–H and O–H groups in total. The molecule has 1 aliphatic carbocycles. The number of aliphatic hydroxyl groups excluding tert-OH is 1. The number of allylic oxidation sites excluding steroid dienone is 2. The van der Waals surface area contributed by atoms with E-state index in [1.807, 2.05) is 19.9 Å². The predicted molar refractivity (Wildman–Crippen MR) is 51.8 cm³/mol. The maximum Gasteiger partial charge on any atom is 0.187 e. The number of ketones is 1. The standard InChI is InChI=1S/C11H14O3/c1-6(2)3-4-7-5-8(12)10-11(14-10)9(7)13/h3,5,9-11,13H,4H2,1-2H3/t9-,10-,11+/m0/s1. The number of carbonyl (C=O) groups excluding carboxylic acids is 1. The van der Waals surface area contributed by atoms with E-state index in [0.29, 0.717) is 6.42 Å². The van der Waals surface area contributed by atoms with Crippen LogP contribution in [-0.4, -0.2) is 29.2 Å². The summed E-state index contributed by atoms with van der Waals surface area (Å²) in [6.45, 7) is 3.99. The zero-order valence-electron chi connectivity index (χ0n) is 8.36. The van der Waals surface area contributed by atoms with Crippen LogP contribution >= 0.6 is 0 Å². The Hall–Kier alpha value is -0.930. The molecule has 3 nitrogen and oxygen atoms in total. The third-order valence-corrected chi connectivity index (χ3v) is 2.57. The summed E-state index contributed by atoms with van der Waals surface area (Å²) in [7, 11) is 0. The molecule has 2 rings (SSSR count). The minimum Gasteiger partial charge on any atom is -0.386 e. The summed E-state index contributed by atoms with van der Waals surface area (Å²) in [5, 5.41) is 9.74. The summed E-state index contributed by atoms with van der Waals surface area (Å²) in [4.78, 5) is 11.3. The molecule has 76 valence electrons. The van der Waals surface area contributed by atoms with Crippen LogP contribution in [0.1, 0.15) is 20.3 Å². The van der Waals surface area contributed by atoms with Crippen molar-refractivity contribution in [2.45, 2.75) is 38.6 Å². The third kappa shape index (κ3) is 1.65. The molecule has 1 heterocycles. The molecule has 0 unspecified atom stereocenters. The van der Waals surface area contributed by atoms with Gasteiger partial charge >= 0.3 is 0 Å². The van der Waals surface area contributed by atoms with Crippen molar-refractivity contribution >= 4 is 5.78 Å². The molecule has 1 fully saturated rings. The Kier molecular flexibility index (Phi) is 2.29. The number of ether oxygens (including phenoxy) is 1. The van der Waals surface area contributed by atoms with Crippen LogP contribution in [0.15, 0.2) is 23.3 Å². The normalized spacial score (nSPS) is 34.6. The number of carbonyl (C=O) groups is 1. The lowest BCUT2D eigenvalue weighted by Crippen LogP contribution is -2.27. The molecule has 0 aromatic carbocycles. The fourth-order valence-electron chi connectivity index (χ4n) is 1.66. The Morgan fingerprint density at radius 2 is 2.36 bits per heavy atom. The third-order valence-electron chi connectivity index (χ3n) is 2.57. The van der Waals surface area contributed by atoms with Gasteiger partial charge in [0.1, 0.15) is 18.3 Å². The number of aliphatic hydroxyl groups is 1. The summed E-state index contributed by atoms with van der Waals surface area (Å²) in [5.74, 6) is -0.00236. The Bertz CT molecular complexity index is 323. The quantitative estimate of drug-likeness (QED) is 0.526. The van der Waals surface area contributed by atoms with Crippen molar-refractivity contribution in [3.05, 3.63) is 23.3 Å². The van der Waals surface area contributed by atoms with Crippen molar-refractivity contribution < 1.29 is 14.6 Å². The summed E-state index contributed by atoms with van der Waals surface area (Å²) in [6.07, 6.45) is 2.95. The summed E-state index contributed by atoms with van der Waals surface area (Å²) >= 11 is 0. The van der Waals surface area contributed by atoms with Crippen LogP contribution in [-0.2, 0) is 9.53 Å². The monoisotopic (exact) mass is 194 g/mol. The van der Waals surface area contributed by atoms with Gasteiger partial charge in [-0.3, -0.25) is 4.79 Å². The van der Waals surface area contributed by atoms with Crippen LogP contribution in [0.5, 0.6) is 0 Å². The maximum absolute atomic E-state index is 11.3. The van der Waals surface area contributed by atoms with E-state index in [1.165, 1.54) is 11.6 Å². The van der Waals surface area contributed by atoms with Gasteiger partial charge in [0.2, 0.25) is 0 Å². The molecular weight excluding hydrogens is 180 g/mol. The van der Waals surface area contributed by atoms with Crippen molar-refractivity contribution in [1.82, 2.24) is 0 Å². The lowest BCUT2D eigenvalue weighted by atomic mass is 9.93. The maximum atomic E-state index is 11.3. The number of hydrogen-bond donors (Lipinski definition) is 1. The minimum atomic E-state index is -0.590. The lowest BCUT2D eigenvalue weighted by molar-refractivity contribution is -0.116. The molecule has 1 saturated heterocycles. The van der Waals surface area contributed by atoms with Gasteiger partial charge in [0.25, 0.3) is 0 Å². The van der Waals surface area contributed by atoms with E-state index in [-0.39, 0.29) is 18.0 Å². The molecular formula is C11H14O3. The van der Waals surface area contributed by atoms with Crippen molar-refractivity contribution in [1.29, 1.82) is 0 Å². The Labute approximate surface area is 83.1 Å². The topological polar surface area (TPSA) is 49.8 Å². The zero-order chi connectivity index (χ0) is 10.3. The number of epoxide rings is 1. The average molecular weight is 194 g/mol. The SMILES string of the molecule is CC(C)=CCC1=CC(=O)[C@@H]2O[C@@H]2[C@H]1O. The van der Waals surface area contributed by atoms with Crippen LogP contribution in [0.4, 0.5) is 0 Å². The van der Waals surface area contributed by atoms with E-state index in [4.69, 9.17) is 4.74 Å². The van der Waals surface area contributed by atoms with E-state index < -0.39 is 6.10 Å². The largest absolute Gasteiger partial charge is 0.386 e. The highest BCUT2D eigenvalue weighted by atomic mass is 16.6. The molecule has 0 aromatic rings. The molecule has 14 heavy (non-hydrogen) atoms. The predicted octanol–water partition coefficient (Wildman–Crippen LogP) is 0.980. The zero-order valence-corrected chi connectivity index (χ0v) is 8.36. The van der Waals surface area contributed by atoms with Crippen LogP contribution in [0, 0.1) is 0 Å². The first-order chi connectivity index (χ1) is 6.59. The van der Waals surface area contributed by atoms with Gasteiger partial charge in [-0.25, -0.2) is 0 Å². The van der Waals surface area contributed by atoms with Gasteiger partial charge in [0.15, 0.2) is 5.78 Å². The van der Waals surface area contributed by atoms with Gasteiger partial charge in [-0.15, -0.1) is 0 Å². The van der Waals surface area contributed by atoms with Crippen LogP contribution < -0.4 is 0 Å². The summed E-state index contributed by atoms with van der Waals surface area (Å²) < 4.78 is 5.07. The first kappa shape index (κ1) is 9.62. The molecule has 0 bridgehead atoms. The first-order valence-corrected chi connectivity index (χ1v) is 4.81. The van der Waals surface area contributed by atoms with Gasteiger partial charge < -0.3 is 9.84 Å². The molecule has 3 atom stereocenters. The smallest absolute Gasteiger partial charge is 0.187 e. The van der Waals surface area contributed by atoms with Crippen molar-refractivity contribution in [2.24, 2.45) is 0 Å². The van der Waals surface area contributed by atoms with Crippen molar-refractivity contribution in [3.8, 4) is 0 Å². The van der Waals surface area contributed by atoms with Gasteiger partial charge in [0, 0.05) is 0 Å². The average Bonchev–Trinajstić information content (AvgIpc) is 2.88. The Balaban J connectivity index is 2.10. The first-order valence-electron chi connectivity index (χ1n) is 4.81. The van der Waals surface area contributed by atoms with Gasteiger partial charge in [-0.2, -0.15) is 0 Å². The van der Waals surface area contributed by atoms with E-state index in [1.54, 1.807) is 0 Å². The molecule has 0 radical (unpaired) electrons. The Morgan fingerprint density at radius 1 is 1.64 bits per heavy atom. The highest BCUT2D eigenvalue weighted by Gasteiger charge is 2.52. The second-order valence-electron chi connectivity index (χ2n) is 4.07. The van der Waals surface area contributed by atoms with Gasteiger partial charge in [0.05, 0.1) is 0 Å². The second-order valence-corrected chi connectivity index (χ2v) is 4.07. The molecule has 0 aromatic heterocycles. The molecule has 1 aliphatic heterocycles. The van der Waals surface area contributed by atoms with Crippen molar-refractivity contribution in [2.75, 3.05) is 0 Å². The summed E-state index contributed by atoms with van der Waals surface area (Å²) in [5.41, 5.74) is 1.96. The van der Waals surface area contributed by atoms with E-state index in [0.717, 1.165) is 5.57 Å². The number of hydrogen-bond acceptors (Lipinski definition) is 3. The fourth-order valence-corrected chi connectivity index (χ4v) is 1.66. The number of rotatable bonds is 2. The van der Waals surface area contributed by atoms with Gasteiger partial charge in [-0.1, -0.05) is 11.6 Å². The molecule has 2 aliphatic rings. The molecule has 0 saturated carbocycles. The minimum absolute atomic E-state index is 0.00236. The molecule has 0 spiro atoms. The van der Waals surface area contributed by atoms with Gasteiger partial charge in [-0.05, 0) is 31.9 Å². The van der Waals surface area contributed by atoms with E-state index >= 15 is 0 Å². The van der Waals surface area contributed by atoms with Crippen LogP contribution in [0.2, 0.25) is 0 Å². The van der Waals surface area contributed by atoms with Crippen LogP contribution in [0.3, 0.4) is 0 Å². The summed E-state index contributed by atoms with van der Waals surface area (Å²) in [6, 6.07) is 0. The van der Waals surface area contributed by atoms with Crippen molar-refractivity contribution in [3.63, 3.8) is 0 Å².